The number of hydrogen-bond acceptors (Lipinski definition) is 8. The molecule has 0 bridgehead atoms. The Hall–Kier alpha value is -6.60. The largest absolute Gasteiger partial charge is 0.417 e. The summed E-state index contributed by atoms with van der Waals surface area (Å²) in [4.78, 5) is 48.7. The van der Waals surface area contributed by atoms with Gasteiger partial charge in [-0.1, -0.05) is 64.9 Å². The standard InChI is InChI=1S/2C9H9NO.C8H7NO2.C8H7NOS.C7H7N3/c2*1-6-2-3-8-7(4-6)5-9(11)10-8;2*1-5-2-3-6-7(4-5)11-8(10)9-6;1-5-2-3-6-7(4-5)9-10-8-6/h2*2-4H,5H2,1H3,(H,10,11);2*2-4H,1H3,(H,9,10);2-4H,1H3,(H,8,9,10). The molecule has 54 heavy (non-hydrogen) atoms. The van der Waals surface area contributed by atoms with Crippen LogP contribution in [0.4, 0.5) is 11.4 Å². The van der Waals surface area contributed by atoms with Crippen molar-refractivity contribution in [3.8, 4) is 0 Å². The van der Waals surface area contributed by atoms with Gasteiger partial charge in [-0.25, -0.2) is 4.79 Å². The van der Waals surface area contributed by atoms with Crippen LogP contribution in [0.2, 0.25) is 0 Å². The Labute approximate surface area is 313 Å². The number of aromatic nitrogens is 5. The van der Waals surface area contributed by atoms with Crippen LogP contribution in [0.25, 0.3) is 32.3 Å². The van der Waals surface area contributed by atoms with Crippen molar-refractivity contribution in [1.29, 1.82) is 0 Å². The average molecular weight is 742 g/mol. The Morgan fingerprint density at radius 1 is 0.556 bits per heavy atom. The van der Waals surface area contributed by atoms with Crippen molar-refractivity contribution >= 4 is 66.9 Å². The Kier molecular flexibility index (Phi) is 11.3. The number of carbonyl (C=O) groups excluding carboxylic acids is 2. The lowest BCUT2D eigenvalue weighted by atomic mass is 10.1. The molecule has 3 aromatic heterocycles. The highest BCUT2D eigenvalue weighted by atomic mass is 32.1. The van der Waals surface area contributed by atoms with Gasteiger partial charge in [0.25, 0.3) is 0 Å². The number of H-pyrrole nitrogens is 3. The van der Waals surface area contributed by atoms with Crippen LogP contribution in [0.5, 0.6) is 0 Å². The molecule has 0 radical (unpaired) electrons. The Bertz CT molecular complexity index is 2590. The second-order valence-corrected chi connectivity index (χ2v) is 14.1. The number of rotatable bonds is 0. The number of amides is 2. The van der Waals surface area contributed by atoms with E-state index in [1.54, 1.807) is 0 Å². The third-order valence-electron chi connectivity index (χ3n) is 8.40. The topological polar surface area (TPSA) is 179 Å². The molecule has 0 unspecified atom stereocenters. The van der Waals surface area contributed by atoms with Gasteiger partial charge in [-0.3, -0.25) is 19.4 Å². The number of aryl methyl sites for hydroxylation is 5. The Balaban J connectivity index is 0.000000115. The van der Waals surface area contributed by atoms with Crippen LogP contribution in [0, 0.1) is 34.6 Å². The van der Waals surface area contributed by atoms with Crippen LogP contribution in [0.3, 0.4) is 0 Å². The molecule has 0 atom stereocenters. The van der Waals surface area contributed by atoms with E-state index < -0.39 is 5.76 Å². The fourth-order valence-electron chi connectivity index (χ4n) is 5.77. The van der Waals surface area contributed by atoms with Crippen molar-refractivity contribution in [3.63, 3.8) is 0 Å². The molecule has 2 amide bonds. The number of hydrogen-bond donors (Lipinski definition) is 5. The number of fused-ring (bicyclic) bond motifs is 5. The number of carbonyl (C=O) groups is 2. The summed E-state index contributed by atoms with van der Waals surface area (Å²) in [5.41, 5.74) is 14.2. The maximum atomic E-state index is 10.9. The molecular formula is C41H39N7O5S. The molecule has 5 aromatic carbocycles. The zero-order valence-corrected chi connectivity index (χ0v) is 31.2. The fraction of sp³-hybridized carbons (Fsp3) is 0.171. The monoisotopic (exact) mass is 741 g/mol. The van der Waals surface area contributed by atoms with Gasteiger partial charge in [0.15, 0.2) is 5.58 Å². The van der Waals surface area contributed by atoms with Gasteiger partial charge in [0.05, 0.1) is 28.6 Å². The number of aromatic amines is 3. The van der Waals surface area contributed by atoms with Crippen LogP contribution in [-0.2, 0) is 22.4 Å². The van der Waals surface area contributed by atoms with Crippen molar-refractivity contribution in [2.24, 2.45) is 0 Å². The van der Waals surface area contributed by atoms with Crippen molar-refractivity contribution in [2.45, 2.75) is 47.5 Å². The quantitative estimate of drug-likeness (QED) is 0.106. The van der Waals surface area contributed by atoms with Crippen molar-refractivity contribution in [3.05, 3.63) is 150 Å². The van der Waals surface area contributed by atoms with Crippen molar-refractivity contribution in [2.75, 3.05) is 10.6 Å². The lowest BCUT2D eigenvalue weighted by Crippen LogP contribution is -2.03. The first kappa shape index (κ1) is 37.2. The first-order chi connectivity index (χ1) is 25.9. The minimum absolute atomic E-state index is 0.0191. The normalized spacial score (nSPS) is 12.2. The summed E-state index contributed by atoms with van der Waals surface area (Å²) in [6.07, 6.45) is 1.08. The number of thiazole rings is 1. The number of anilines is 2. The molecule has 13 heteroatoms. The molecule has 274 valence electrons. The number of nitrogens with one attached hydrogen (secondary N) is 5. The predicted octanol–water partition coefficient (Wildman–Crippen LogP) is 7.57. The van der Waals surface area contributed by atoms with Gasteiger partial charge in [-0.15, -0.1) is 0 Å². The van der Waals surface area contributed by atoms with Crippen molar-refractivity contribution in [1.82, 2.24) is 25.4 Å². The summed E-state index contributed by atoms with van der Waals surface area (Å²) in [5, 5.41) is 16.0. The van der Waals surface area contributed by atoms with E-state index in [0.29, 0.717) is 18.4 Å². The van der Waals surface area contributed by atoms with E-state index in [1.807, 2.05) is 126 Å². The third-order valence-corrected chi connectivity index (χ3v) is 9.24. The minimum Gasteiger partial charge on any atom is -0.408 e. The molecule has 0 saturated heterocycles. The van der Waals surface area contributed by atoms with Gasteiger partial charge < -0.3 is 20.0 Å². The first-order valence-electron chi connectivity index (χ1n) is 17.1. The highest BCUT2D eigenvalue weighted by molar-refractivity contribution is 7.16. The maximum absolute atomic E-state index is 10.9. The fourth-order valence-corrected chi connectivity index (χ4v) is 6.61. The van der Waals surface area contributed by atoms with Crippen LogP contribution < -0.4 is 21.3 Å². The summed E-state index contributed by atoms with van der Waals surface area (Å²) in [7, 11) is 0. The average Bonchev–Trinajstić information content (AvgIpc) is 3.95. The molecule has 0 aliphatic carbocycles. The molecule has 5 N–H and O–H groups in total. The summed E-state index contributed by atoms with van der Waals surface area (Å²) in [5.74, 6) is -0.193. The molecule has 2 aliphatic heterocycles. The molecular weight excluding hydrogens is 703 g/mol. The summed E-state index contributed by atoms with van der Waals surface area (Å²) in [6, 6.07) is 29.5. The molecule has 2 aliphatic rings. The third kappa shape index (κ3) is 9.63. The first-order valence-corrected chi connectivity index (χ1v) is 17.9. The van der Waals surface area contributed by atoms with E-state index in [4.69, 9.17) is 4.42 Å². The molecule has 0 fully saturated rings. The van der Waals surface area contributed by atoms with Gasteiger partial charge in [0.1, 0.15) is 11.0 Å². The van der Waals surface area contributed by atoms with E-state index in [1.165, 1.54) is 33.6 Å². The smallest absolute Gasteiger partial charge is 0.408 e. The summed E-state index contributed by atoms with van der Waals surface area (Å²) < 4.78 is 5.87. The van der Waals surface area contributed by atoms with Crippen LogP contribution in [0.1, 0.15) is 38.9 Å². The van der Waals surface area contributed by atoms with Crippen molar-refractivity contribution < 1.29 is 14.0 Å². The molecule has 10 rings (SSSR count). The highest BCUT2D eigenvalue weighted by Crippen LogP contribution is 2.24. The van der Waals surface area contributed by atoms with Gasteiger partial charge in [0.2, 0.25) is 11.8 Å². The van der Waals surface area contributed by atoms with Crippen LogP contribution in [0.15, 0.2) is 105 Å². The molecule has 0 saturated carbocycles. The van der Waals surface area contributed by atoms with E-state index in [0.717, 1.165) is 54.8 Å². The van der Waals surface area contributed by atoms with Crippen LogP contribution in [-0.4, -0.2) is 37.2 Å². The van der Waals surface area contributed by atoms with E-state index in [-0.39, 0.29) is 16.7 Å². The number of benzene rings is 5. The zero-order chi connectivity index (χ0) is 38.4. The predicted molar refractivity (Wildman–Crippen MR) is 214 cm³/mol. The minimum atomic E-state index is -0.398. The Morgan fingerprint density at radius 3 is 1.72 bits per heavy atom. The van der Waals surface area contributed by atoms with Gasteiger partial charge in [-0.05, 0) is 111 Å². The maximum Gasteiger partial charge on any atom is 0.417 e. The molecule has 12 nitrogen and oxygen atoms in total. The van der Waals surface area contributed by atoms with Gasteiger partial charge >= 0.3 is 10.6 Å². The SMILES string of the molecule is Cc1ccc2[nH]c(=O)oc2c1.Cc1ccc2[nH]c(=O)sc2c1.Cc1ccc2c(c1)CC(=O)N2.Cc1ccc2c(c1)CC(=O)N2.Cc1ccc2n[nH]nc2c1. The summed E-state index contributed by atoms with van der Waals surface area (Å²) >= 11 is 1.26. The molecule has 5 heterocycles. The second-order valence-electron chi connectivity index (χ2n) is 13.1. The zero-order valence-electron chi connectivity index (χ0n) is 30.4. The highest BCUT2D eigenvalue weighted by Gasteiger charge is 2.17. The molecule has 8 aromatic rings. The molecule has 0 spiro atoms. The second kappa shape index (κ2) is 16.4. The van der Waals surface area contributed by atoms with Crippen LogP contribution >= 0.6 is 11.3 Å². The Morgan fingerprint density at radius 2 is 1.07 bits per heavy atom. The lowest BCUT2D eigenvalue weighted by Gasteiger charge is -1.97. The number of nitrogens with zero attached hydrogens (tertiary/aromatic N) is 2. The summed E-state index contributed by atoms with van der Waals surface area (Å²) in [6.45, 7) is 10.1. The van der Waals surface area contributed by atoms with E-state index in [9.17, 15) is 19.2 Å². The van der Waals surface area contributed by atoms with E-state index >= 15 is 0 Å². The number of oxazole rings is 1. The van der Waals surface area contributed by atoms with Gasteiger partial charge in [0, 0.05) is 11.4 Å². The van der Waals surface area contributed by atoms with E-state index in [2.05, 4.69) is 36.0 Å². The lowest BCUT2D eigenvalue weighted by molar-refractivity contribution is -0.115. The van der Waals surface area contributed by atoms with Gasteiger partial charge in [-0.2, -0.15) is 15.4 Å².